The zero-order valence-electron chi connectivity index (χ0n) is 15.0. The van der Waals surface area contributed by atoms with Crippen molar-refractivity contribution in [3.05, 3.63) is 46.8 Å². The number of nitrogens with zero attached hydrogens (tertiary/aromatic N) is 2. The number of rotatable bonds is 6. The number of carbonyl (C=O) groups excluding carboxylic acids is 3. The van der Waals surface area contributed by atoms with E-state index in [0.717, 1.165) is 22.6 Å². The Morgan fingerprint density at radius 3 is 2.39 bits per heavy atom. The summed E-state index contributed by atoms with van der Waals surface area (Å²) in [5, 5.41) is 9.09. The number of benzene rings is 1. The molecule has 0 spiro atoms. The SMILES string of the molecule is CC(=O)Nc1nc(C(=O)OC(C)C(=O)Nc2nc(-c3ccccc3)cs2)cs1. The Kier molecular flexibility index (Phi) is 6.12. The molecule has 144 valence electrons. The number of nitrogens with one attached hydrogen (secondary N) is 2. The minimum atomic E-state index is -1.04. The first-order valence-electron chi connectivity index (χ1n) is 8.18. The largest absolute Gasteiger partial charge is 0.448 e. The Morgan fingerprint density at radius 2 is 1.68 bits per heavy atom. The Balaban J connectivity index is 1.57. The van der Waals surface area contributed by atoms with Gasteiger partial charge >= 0.3 is 5.97 Å². The van der Waals surface area contributed by atoms with E-state index in [1.54, 1.807) is 0 Å². The van der Waals surface area contributed by atoms with Gasteiger partial charge in [0.1, 0.15) is 0 Å². The van der Waals surface area contributed by atoms with Gasteiger partial charge in [-0.3, -0.25) is 14.9 Å². The third kappa shape index (κ3) is 4.99. The van der Waals surface area contributed by atoms with Crippen LogP contribution in [-0.4, -0.2) is 33.9 Å². The van der Waals surface area contributed by atoms with E-state index in [0.29, 0.717) is 5.13 Å². The normalized spacial score (nSPS) is 11.5. The molecule has 1 unspecified atom stereocenters. The molecule has 8 nitrogen and oxygen atoms in total. The first-order chi connectivity index (χ1) is 13.4. The molecule has 1 atom stereocenters. The molecule has 3 rings (SSSR count). The molecule has 2 amide bonds. The summed E-state index contributed by atoms with van der Waals surface area (Å²) in [7, 11) is 0. The Bertz CT molecular complexity index is 1000. The predicted molar refractivity (Wildman–Crippen MR) is 107 cm³/mol. The van der Waals surface area contributed by atoms with E-state index in [1.807, 2.05) is 35.7 Å². The minimum Gasteiger partial charge on any atom is -0.448 e. The van der Waals surface area contributed by atoms with Crippen molar-refractivity contribution in [2.75, 3.05) is 10.6 Å². The lowest BCUT2D eigenvalue weighted by atomic mass is 10.2. The van der Waals surface area contributed by atoms with Gasteiger partial charge in [-0.25, -0.2) is 14.8 Å². The van der Waals surface area contributed by atoms with Crippen molar-refractivity contribution in [3.8, 4) is 11.3 Å². The second-order valence-corrected chi connectivity index (χ2v) is 7.38. The van der Waals surface area contributed by atoms with Gasteiger partial charge < -0.3 is 10.1 Å². The van der Waals surface area contributed by atoms with Crippen molar-refractivity contribution < 1.29 is 19.1 Å². The fourth-order valence-corrected chi connectivity index (χ4v) is 3.58. The van der Waals surface area contributed by atoms with E-state index >= 15 is 0 Å². The molecule has 2 aromatic heterocycles. The van der Waals surface area contributed by atoms with Crippen LogP contribution in [0.15, 0.2) is 41.1 Å². The molecule has 2 N–H and O–H groups in total. The summed E-state index contributed by atoms with van der Waals surface area (Å²) < 4.78 is 5.14. The summed E-state index contributed by atoms with van der Waals surface area (Å²) in [6.45, 7) is 2.80. The van der Waals surface area contributed by atoms with E-state index in [2.05, 4.69) is 20.6 Å². The molecular weight excluding hydrogens is 400 g/mol. The molecule has 0 bridgehead atoms. The Labute approximate surface area is 168 Å². The van der Waals surface area contributed by atoms with E-state index < -0.39 is 18.0 Å². The third-order valence-corrected chi connectivity index (χ3v) is 4.97. The number of hydrogen-bond donors (Lipinski definition) is 2. The van der Waals surface area contributed by atoms with Gasteiger partial charge in [0.25, 0.3) is 5.91 Å². The fraction of sp³-hybridized carbons (Fsp3) is 0.167. The number of anilines is 2. The summed E-state index contributed by atoms with van der Waals surface area (Å²) in [4.78, 5) is 43.7. The van der Waals surface area contributed by atoms with Gasteiger partial charge in [-0.15, -0.1) is 22.7 Å². The van der Waals surface area contributed by atoms with Crippen molar-refractivity contribution in [3.63, 3.8) is 0 Å². The Morgan fingerprint density at radius 1 is 1.00 bits per heavy atom. The number of thiazole rings is 2. The monoisotopic (exact) mass is 416 g/mol. The van der Waals surface area contributed by atoms with Crippen LogP contribution in [0.3, 0.4) is 0 Å². The number of aromatic nitrogens is 2. The smallest absolute Gasteiger partial charge is 0.358 e. The quantitative estimate of drug-likeness (QED) is 0.596. The highest BCUT2D eigenvalue weighted by Crippen LogP contribution is 2.24. The second kappa shape index (κ2) is 8.72. The molecule has 28 heavy (non-hydrogen) atoms. The van der Waals surface area contributed by atoms with Crippen molar-refractivity contribution in [1.82, 2.24) is 9.97 Å². The van der Waals surface area contributed by atoms with Crippen LogP contribution in [-0.2, 0) is 14.3 Å². The molecule has 0 saturated carbocycles. The average Bonchev–Trinajstić information content (AvgIpc) is 3.31. The highest BCUT2D eigenvalue weighted by molar-refractivity contribution is 7.14. The van der Waals surface area contributed by atoms with Crippen LogP contribution in [0.4, 0.5) is 10.3 Å². The maximum Gasteiger partial charge on any atom is 0.358 e. The molecule has 0 aliphatic carbocycles. The summed E-state index contributed by atoms with van der Waals surface area (Å²) >= 11 is 2.37. The van der Waals surface area contributed by atoms with Crippen LogP contribution >= 0.6 is 22.7 Å². The van der Waals surface area contributed by atoms with Gasteiger partial charge in [0.15, 0.2) is 22.1 Å². The standard InChI is InChI=1S/C18H16N4O4S2/c1-10(26-16(25)14-9-28-17(21-14)19-11(2)23)15(24)22-18-20-13(8-27-18)12-6-4-3-5-7-12/h3-10H,1-2H3,(H,19,21,23)(H,20,22,24). The number of esters is 1. The van der Waals surface area contributed by atoms with Crippen molar-refractivity contribution in [2.45, 2.75) is 20.0 Å². The van der Waals surface area contributed by atoms with Crippen molar-refractivity contribution in [1.29, 1.82) is 0 Å². The second-order valence-electron chi connectivity index (χ2n) is 5.66. The van der Waals surface area contributed by atoms with Gasteiger partial charge in [0.2, 0.25) is 5.91 Å². The van der Waals surface area contributed by atoms with E-state index in [-0.39, 0.29) is 16.7 Å². The van der Waals surface area contributed by atoms with Crippen LogP contribution < -0.4 is 10.6 Å². The molecular formula is C18H16N4O4S2. The lowest BCUT2D eigenvalue weighted by Gasteiger charge is -2.11. The van der Waals surface area contributed by atoms with E-state index in [1.165, 1.54) is 30.6 Å². The van der Waals surface area contributed by atoms with Crippen LogP contribution in [0.2, 0.25) is 0 Å². The number of ether oxygens (including phenoxy) is 1. The molecule has 2 heterocycles. The minimum absolute atomic E-state index is 0.0222. The first kappa shape index (κ1) is 19.6. The lowest BCUT2D eigenvalue weighted by Crippen LogP contribution is -2.30. The fourth-order valence-electron chi connectivity index (χ4n) is 2.13. The van der Waals surface area contributed by atoms with Crippen LogP contribution in [0.1, 0.15) is 24.3 Å². The highest BCUT2D eigenvalue weighted by atomic mass is 32.1. The zero-order chi connectivity index (χ0) is 20.1. The molecule has 0 fully saturated rings. The van der Waals surface area contributed by atoms with Gasteiger partial charge in [0, 0.05) is 23.2 Å². The van der Waals surface area contributed by atoms with Gasteiger partial charge in [0.05, 0.1) is 5.69 Å². The molecule has 0 saturated heterocycles. The topological polar surface area (TPSA) is 110 Å². The molecule has 0 aliphatic rings. The molecule has 0 radical (unpaired) electrons. The van der Waals surface area contributed by atoms with Crippen LogP contribution in [0.25, 0.3) is 11.3 Å². The van der Waals surface area contributed by atoms with Gasteiger partial charge in [-0.1, -0.05) is 30.3 Å². The molecule has 3 aromatic rings. The predicted octanol–water partition coefficient (Wildman–Crippen LogP) is 3.41. The molecule has 0 aliphatic heterocycles. The van der Waals surface area contributed by atoms with Crippen molar-refractivity contribution in [2.24, 2.45) is 0 Å². The number of carbonyl (C=O) groups is 3. The maximum atomic E-state index is 12.3. The average molecular weight is 416 g/mol. The number of amides is 2. The first-order valence-corrected chi connectivity index (χ1v) is 9.94. The van der Waals surface area contributed by atoms with E-state index in [9.17, 15) is 14.4 Å². The Hall–Kier alpha value is -3.11. The summed E-state index contributed by atoms with van der Waals surface area (Å²) in [5.74, 6) is -1.54. The third-order valence-electron chi connectivity index (χ3n) is 3.45. The maximum absolute atomic E-state index is 12.3. The molecule has 10 heteroatoms. The number of hydrogen-bond acceptors (Lipinski definition) is 8. The lowest BCUT2D eigenvalue weighted by molar-refractivity contribution is -0.123. The summed E-state index contributed by atoms with van der Waals surface area (Å²) in [6.07, 6.45) is -1.04. The highest BCUT2D eigenvalue weighted by Gasteiger charge is 2.22. The van der Waals surface area contributed by atoms with Crippen LogP contribution in [0, 0.1) is 0 Å². The summed E-state index contributed by atoms with van der Waals surface area (Å²) in [6, 6.07) is 9.58. The van der Waals surface area contributed by atoms with Gasteiger partial charge in [-0.2, -0.15) is 0 Å². The van der Waals surface area contributed by atoms with Crippen LogP contribution in [0.5, 0.6) is 0 Å². The zero-order valence-corrected chi connectivity index (χ0v) is 16.6. The van der Waals surface area contributed by atoms with E-state index in [4.69, 9.17) is 4.74 Å². The summed E-state index contributed by atoms with van der Waals surface area (Å²) in [5.41, 5.74) is 1.71. The molecule has 1 aromatic carbocycles. The van der Waals surface area contributed by atoms with Crippen molar-refractivity contribution >= 4 is 50.7 Å². The van der Waals surface area contributed by atoms with Gasteiger partial charge in [-0.05, 0) is 6.92 Å².